The topological polar surface area (TPSA) is 46.5 Å². The van der Waals surface area contributed by atoms with Crippen LogP contribution >= 0.6 is 0 Å². The van der Waals surface area contributed by atoms with Crippen LogP contribution in [0.3, 0.4) is 0 Å². The van der Waals surface area contributed by atoms with E-state index in [1.54, 1.807) is 6.92 Å². The van der Waals surface area contributed by atoms with Gasteiger partial charge >= 0.3 is 6.16 Å². The van der Waals surface area contributed by atoms with Crippen LogP contribution in [-0.2, 0) is 10.2 Å². The molecule has 0 fully saturated rings. The average molecular weight is 222 g/mol. The highest BCUT2D eigenvalue weighted by Gasteiger charge is 2.15. The molecule has 0 amide bonds. The summed E-state index contributed by atoms with van der Waals surface area (Å²) >= 11 is 0. The standard InChI is InChI=1S/C13H18O3/c1-9(16-12(14)15)10-5-7-11(8-6-10)13(2,3)4/h5-9H,1-4H3,(H,14,15). The maximum atomic E-state index is 10.4. The van der Waals surface area contributed by atoms with Gasteiger partial charge in [-0.1, -0.05) is 45.0 Å². The van der Waals surface area contributed by atoms with Crippen LogP contribution in [0.2, 0.25) is 0 Å². The van der Waals surface area contributed by atoms with Crippen LogP contribution in [0.25, 0.3) is 0 Å². The van der Waals surface area contributed by atoms with E-state index in [1.165, 1.54) is 5.56 Å². The summed E-state index contributed by atoms with van der Waals surface area (Å²) in [5, 5.41) is 8.51. The summed E-state index contributed by atoms with van der Waals surface area (Å²) in [5.74, 6) is 0. The Balaban J connectivity index is 2.83. The lowest BCUT2D eigenvalue weighted by Crippen LogP contribution is -2.11. The third-order valence-corrected chi connectivity index (χ3v) is 2.52. The monoisotopic (exact) mass is 222 g/mol. The summed E-state index contributed by atoms with van der Waals surface area (Å²) in [5.41, 5.74) is 2.20. The smallest absolute Gasteiger partial charge is 0.450 e. The zero-order valence-electron chi connectivity index (χ0n) is 10.2. The number of rotatable bonds is 2. The molecule has 1 aromatic rings. The lowest BCUT2D eigenvalue weighted by atomic mass is 9.86. The van der Waals surface area contributed by atoms with Gasteiger partial charge in [0.1, 0.15) is 6.10 Å². The van der Waals surface area contributed by atoms with Crippen molar-refractivity contribution in [2.45, 2.75) is 39.2 Å². The van der Waals surface area contributed by atoms with Crippen LogP contribution in [0.5, 0.6) is 0 Å². The van der Waals surface area contributed by atoms with Crippen LogP contribution < -0.4 is 0 Å². The number of hydrogen-bond acceptors (Lipinski definition) is 2. The first-order chi connectivity index (χ1) is 7.30. The molecule has 0 spiro atoms. The van der Waals surface area contributed by atoms with Crippen molar-refractivity contribution in [1.82, 2.24) is 0 Å². The van der Waals surface area contributed by atoms with Gasteiger partial charge in [-0.25, -0.2) is 4.79 Å². The third kappa shape index (κ3) is 3.26. The Hall–Kier alpha value is -1.51. The van der Waals surface area contributed by atoms with E-state index in [9.17, 15) is 4.79 Å². The molecule has 1 aromatic carbocycles. The molecule has 1 N–H and O–H groups in total. The highest BCUT2D eigenvalue weighted by Crippen LogP contribution is 2.24. The van der Waals surface area contributed by atoms with Crippen LogP contribution in [0.4, 0.5) is 4.79 Å². The van der Waals surface area contributed by atoms with Crippen molar-refractivity contribution < 1.29 is 14.6 Å². The van der Waals surface area contributed by atoms with Crippen molar-refractivity contribution in [3.63, 3.8) is 0 Å². The number of benzene rings is 1. The lowest BCUT2D eigenvalue weighted by Gasteiger charge is -2.20. The molecule has 1 atom stereocenters. The van der Waals surface area contributed by atoms with E-state index in [-0.39, 0.29) is 5.41 Å². The highest BCUT2D eigenvalue weighted by molar-refractivity contribution is 5.57. The molecule has 16 heavy (non-hydrogen) atoms. The first-order valence-corrected chi connectivity index (χ1v) is 5.30. The largest absolute Gasteiger partial charge is 0.506 e. The maximum Gasteiger partial charge on any atom is 0.506 e. The lowest BCUT2D eigenvalue weighted by molar-refractivity contribution is 0.0587. The molecule has 0 saturated heterocycles. The quantitative estimate of drug-likeness (QED) is 0.775. The number of carbonyl (C=O) groups is 1. The molecule has 3 nitrogen and oxygen atoms in total. The Morgan fingerprint density at radius 3 is 2.12 bits per heavy atom. The predicted octanol–water partition coefficient (Wildman–Crippen LogP) is 3.74. The second-order valence-corrected chi connectivity index (χ2v) is 4.90. The third-order valence-electron chi connectivity index (χ3n) is 2.52. The molecule has 0 radical (unpaired) electrons. The Morgan fingerprint density at radius 1 is 1.25 bits per heavy atom. The molecule has 0 aromatic heterocycles. The minimum Gasteiger partial charge on any atom is -0.450 e. The first-order valence-electron chi connectivity index (χ1n) is 5.30. The van der Waals surface area contributed by atoms with E-state index in [0.29, 0.717) is 0 Å². The van der Waals surface area contributed by atoms with Crippen molar-refractivity contribution in [3.05, 3.63) is 35.4 Å². The van der Waals surface area contributed by atoms with Crippen LogP contribution in [0.15, 0.2) is 24.3 Å². The molecule has 0 aliphatic heterocycles. The zero-order chi connectivity index (χ0) is 12.3. The summed E-state index contributed by atoms with van der Waals surface area (Å²) in [6.07, 6.45) is -1.67. The van der Waals surface area contributed by atoms with Gasteiger partial charge in [0.05, 0.1) is 0 Å². The molecule has 88 valence electrons. The summed E-state index contributed by atoms with van der Waals surface area (Å²) in [6.45, 7) is 8.14. The number of carboxylic acid groups (broad SMARTS) is 1. The molecule has 0 aliphatic carbocycles. The van der Waals surface area contributed by atoms with E-state index in [1.807, 2.05) is 24.3 Å². The van der Waals surface area contributed by atoms with Crippen LogP contribution in [0, 0.1) is 0 Å². The van der Waals surface area contributed by atoms with Crippen molar-refractivity contribution in [3.8, 4) is 0 Å². The molecule has 0 bridgehead atoms. The fourth-order valence-corrected chi connectivity index (χ4v) is 1.47. The molecular formula is C13H18O3. The van der Waals surface area contributed by atoms with Crippen LogP contribution in [0.1, 0.15) is 44.9 Å². The highest BCUT2D eigenvalue weighted by atomic mass is 16.7. The Labute approximate surface area is 96.1 Å². The fraction of sp³-hybridized carbons (Fsp3) is 0.462. The predicted molar refractivity (Wildman–Crippen MR) is 62.7 cm³/mol. The van der Waals surface area contributed by atoms with Crippen molar-refractivity contribution in [1.29, 1.82) is 0 Å². The fourth-order valence-electron chi connectivity index (χ4n) is 1.47. The number of ether oxygens (including phenoxy) is 1. The van der Waals surface area contributed by atoms with Crippen molar-refractivity contribution in [2.24, 2.45) is 0 Å². The van der Waals surface area contributed by atoms with Gasteiger partial charge in [-0.15, -0.1) is 0 Å². The van der Waals surface area contributed by atoms with E-state index in [2.05, 4.69) is 25.5 Å². The van der Waals surface area contributed by atoms with Gasteiger partial charge in [0.2, 0.25) is 0 Å². The molecule has 0 heterocycles. The Kier molecular flexibility index (Phi) is 3.58. The summed E-state index contributed by atoms with van der Waals surface area (Å²) < 4.78 is 4.68. The maximum absolute atomic E-state index is 10.4. The summed E-state index contributed by atoms with van der Waals surface area (Å²) in [4.78, 5) is 10.4. The van der Waals surface area contributed by atoms with Gasteiger partial charge < -0.3 is 9.84 Å². The van der Waals surface area contributed by atoms with Crippen LogP contribution in [-0.4, -0.2) is 11.3 Å². The Morgan fingerprint density at radius 2 is 1.75 bits per heavy atom. The minimum atomic E-state index is -1.24. The second-order valence-electron chi connectivity index (χ2n) is 4.90. The molecular weight excluding hydrogens is 204 g/mol. The van der Waals surface area contributed by atoms with Crippen molar-refractivity contribution >= 4 is 6.16 Å². The molecule has 0 aliphatic rings. The molecule has 1 unspecified atom stereocenters. The zero-order valence-corrected chi connectivity index (χ0v) is 10.2. The van der Waals surface area contributed by atoms with Gasteiger partial charge in [-0.3, -0.25) is 0 Å². The van der Waals surface area contributed by atoms with Crippen molar-refractivity contribution in [2.75, 3.05) is 0 Å². The normalized spacial score (nSPS) is 13.2. The van der Waals surface area contributed by atoms with Gasteiger partial charge in [-0.05, 0) is 23.5 Å². The summed E-state index contributed by atoms with van der Waals surface area (Å²) in [6, 6.07) is 7.84. The number of hydrogen-bond donors (Lipinski definition) is 1. The van der Waals surface area contributed by atoms with E-state index in [0.717, 1.165) is 5.56 Å². The van der Waals surface area contributed by atoms with E-state index < -0.39 is 12.3 Å². The SMILES string of the molecule is CC(OC(=O)O)c1ccc(C(C)(C)C)cc1. The summed E-state index contributed by atoms with van der Waals surface area (Å²) in [7, 11) is 0. The van der Waals surface area contributed by atoms with E-state index in [4.69, 9.17) is 5.11 Å². The first kappa shape index (κ1) is 12.6. The van der Waals surface area contributed by atoms with Gasteiger partial charge in [-0.2, -0.15) is 0 Å². The minimum absolute atomic E-state index is 0.107. The molecule has 3 heteroatoms. The molecule has 1 rings (SSSR count). The van der Waals surface area contributed by atoms with Gasteiger partial charge in [0.25, 0.3) is 0 Å². The second kappa shape index (κ2) is 4.56. The average Bonchev–Trinajstić information content (AvgIpc) is 2.15. The molecule has 0 saturated carbocycles. The van der Waals surface area contributed by atoms with Gasteiger partial charge in [0.15, 0.2) is 0 Å². The van der Waals surface area contributed by atoms with E-state index >= 15 is 0 Å². The Bertz CT molecular complexity index is 360. The van der Waals surface area contributed by atoms with Gasteiger partial charge in [0, 0.05) is 0 Å².